The fourth-order valence-electron chi connectivity index (χ4n) is 1.48. The lowest BCUT2D eigenvalue weighted by Gasteiger charge is -1.99. The summed E-state index contributed by atoms with van der Waals surface area (Å²) in [4.78, 5) is 22.6. The first-order valence-corrected chi connectivity index (χ1v) is 5.89. The minimum atomic E-state index is -0.579. The summed E-state index contributed by atoms with van der Waals surface area (Å²) in [5.74, 6) is 4.83. The molecule has 1 aliphatic rings. The molecule has 1 amide bonds. The number of halogens is 1. The first-order chi connectivity index (χ1) is 7.74. The van der Waals surface area contributed by atoms with Gasteiger partial charge >= 0.3 is 0 Å². The Morgan fingerprint density at radius 2 is 2.12 bits per heavy atom. The number of benzene rings is 1. The zero-order chi connectivity index (χ0) is 11.5. The van der Waals surface area contributed by atoms with E-state index < -0.39 is 11.7 Å². The topological polar surface area (TPSA) is 46.2 Å². The molecule has 3 nitrogen and oxygen atoms in total. The van der Waals surface area contributed by atoms with Crippen LogP contribution in [-0.4, -0.2) is 17.0 Å². The molecule has 0 aromatic heterocycles. The van der Waals surface area contributed by atoms with Gasteiger partial charge in [0.2, 0.25) is 0 Å². The van der Waals surface area contributed by atoms with Gasteiger partial charge in [0.25, 0.3) is 11.7 Å². The molecule has 1 heterocycles. The van der Waals surface area contributed by atoms with Crippen LogP contribution in [0.4, 0.5) is 5.69 Å². The third kappa shape index (κ3) is 1.86. The number of para-hydroxylation sites is 1. The van der Waals surface area contributed by atoms with Gasteiger partial charge in [-0.25, -0.2) is 0 Å². The normalized spacial score (nSPS) is 12.8. The smallest absolute Gasteiger partial charge is 0.296 e. The van der Waals surface area contributed by atoms with Crippen molar-refractivity contribution < 1.29 is 9.59 Å². The van der Waals surface area contributed by atoms with E-state index in [1.54, 1.807) is 18.2 Å². The van der Waals surface area contributed by atoms with Crippen molar-refractivity contribution in [2.45, 2.75) is 6.42 Å². The van der Waals surface area contributed by atoms with Gasteiger partial charge in [0.1, 0.15) is 0 Å². The minimum Gasteiger partial charge on any atom is -0.317 e. The maximum absolute atomic E-state index is 11.4. The molecular formula is C12H8BrNO2. The van der Waals surface area contributed by atoms with Gasteiger partial charge in [-0.2, -0.15) is 0 Å². The molecular weight excluding hydrogens is 270 g/mol. The van der Waals surface area contributed by atoms with E-state index in [0.717, 1.165) is 11.8 Å². The van der Waals surface area contributed by atoms with E-state index in [1.165, 1.54) is 0 Å². The second-order valence-electron chi connectivity index (χ2n) is 3.25. The molecule has 0 bridgehead atoms. The van der Waals surface area contributed by atoms with Gasteiger partial charge in [0.05, 0.1) is 11.3 Å². The highest BCUT2D eigenvalue weighted by Gasteiger charge is 2.29. The van der Waals surface area contributed by atoms with Gasteiger partial charge in [-0.3, -0.25) is 9.59 Å². The van der Waals surface area contributed by atoms with Crippen LogP contribution >= 0.6 is 15.9 Å². The summed E-state index contributed by atoms with van der Waals surface area (Å²) in [5.41, 5.74) is 1.65. The number of rotatable bonds is 1. The van der Waals surface area contributed by atoms with E-state index in [2.05, 4.69) is 33.1 Å². The lowest BCUT2D eigenvalue weighted by molar-refractivity contribution is -0.112. The Labute approximate surface area is 101 Å². The summed E-state index contributed by atoms with van der Waals surface area (Å²) in [6.07, 6.45) is 0.728. The summed E-state index contributed by atoms with van der Waals surface area (Å²) in [6, 6.07) is 5.15. The van der Waals surface area contributed by atoms with Crippen molar-refractivity contribution >= 4 is 33.3 Å². The van der Waals surface area contributed by atoms with Crippen LogP contribution in [0.1, 0.15) is 22.3 Å². The quantitative estimate of drug-likeness (QED) is 0.485. The molecule has 0 aliphatic carbocycles. The molecule has 0 atom stereocenters. The largest absolute Gasteiger partial charge is 0.317 e. The highest BCUT2D eigenvalue weighted by atomic mass is 79.9. The second-order valence-corrected chi connectivity index (χ2v) is 4.05. The van der Waals surface area contributed by atoms with Crippen molar-refractivity contribution in [1.29, 1.82) is 0 Å². The van der Waals surface area contributed by atoms with Crippen molar-refractivity contribution in [1.82, 2.24) is 0 Å². The van der Waals surface area contributed by atoms with Gasteiger partial charge < -0.3 is 5.32 Å². The fourth-order valence-corrected chi connectivity index (χ4v) is 1.68. The average Bonchev–Trinajstić information content (AvgIpc) is 2.57. The molecule has 0 fully saturated rings. The minimum absolute atomic E-state index is 0.413. The van der Waals surface area contributed by atoms with Gasteiger partial charge in [0, 0.05) is 17.3 Å². The van der Waals surface area contributed by atoms with Crippen LogP contribution in [0.3, 0.4) is 0 Å². The number of carbonyl (C=O) groups excluding carboxylic acids is 2. The monoisotopic (exact) mass is 277 g/mol. The number of anilines is 1. The SMILES string of the molecule is O=C1Nc2c(C#CCCBr)cccc2C1=O. The van der Waals surface area contributed by atoms with E-state index in [0.29, 0.717) is 16.8 Å². The van der Waals surface area contributed by atoms with Crippen LogP contribution in [0.25, 0.3) is 0 Å². The van der Waals surface area contributed by atoms with E-state index >= 15 is 0 Å². The Bertz CT molecular complexity index is 526. The summed E-state index contributed by atoms with van der Waals surface area (Å²) in [5, 5.41) is 3.35. The molecule has 0 radical (unpaired) electrons. The average molecular weight is 278 g/mol. The molecule has 4 heteroatoms. The summed E-state index contributed by atoms with van der Waals surface area (Å²) >= 11 is 3.28. The van der Waals surface area contributed by atoms with Crippen molar-refractivity contribution in [3.05, 3.63) is 29.3 Å². The third-order valence-electron chi connectivity index (χ3n) is 2.20. The number of alkyl halides is 1. The molecule has 16 heavy (non-hydrogen) atoms. The third-order valence-corrected chi connectivity index (χ3v) is 2.59. The van der Waals surface area contributed by atoms with Crippen LogP contribution in [0.2, 0.25) is 0 Å². The number of hydrogen-bond donors (Lipinski definition) is 1. The first kappa shape index (κ1) is 10.9. The van der Waals surface area contributed by atoms with E-state index in [1.807, 2.05) is 0 Å². The van der Waals surface area contributed by atoms with Crippen molar-refractivity contribution in [2.75, 3.05) is 10.6 Å². The molecule has 80 valence electrons. The number of Topliss-reactive ketones (excluding diaryl/α,β-unsaturated/α-hetero) is 1. The Morgan fingerprint density at radius 1 is 1.31 bits per heavy atom. The lowest BCUT2D eigenvalue weighted by atomic mass is 10.1. The van der Waals surface area contributed by atoms with Gasteiger partial charge in [-0.15, -0.1) is 0 Å². The number of nitrogens with one attached hydrogen (secondary N) is 1. The fraction of sp³-hybridized carbons (Fsp3) is 0.167. The van der Waals surface area contributed by atoms with Gasteiger partial charge in [0.15, 0.2) is 0 Å². The molecule has 0 unspecified atom stereocenters. The van der Waals surface area contributed by atoms with Crippen LogP contribution < -0.4 is 5.32 Å². The maximum Gasteiger partial charge on any atom is 0.296 e. The van der Waals surface area contributed by atoms with E-state index in [-0.39, 0.29) is 0 Å². The Balaban J connectivity index is 2.41. The molecule has 1 aromatic rings. The van der Waals surface area contributed by atoms with Crippen molar-refractivity contribution in [2.24, 2.45) is 0 Å². The number of amides is 1. The zero-order valence-electron chi connectivity index (χ0n) is 8.34. The molecule has 0 spiro atoms. The van der Waals surface area contributed by atoms with Crippen molar-refractivity contribution in [3.63, 3.8) is 0 Å². The summed E-state index contributed by atoms with van der Waals surface area (Å²) in [7, 11) is 0. The highest BCUT2D eigenvalue weighted by molar-refractivity contribution is 9.09. The second kappa shape index (κ2) is 4.50. The van der Waals surface area contributed by atoms with Crippen molar-refractivity contribution in [3.8, 4) is 11.8 Å². The molecule has 1 N–H and O–H groups in total. The van der Waals surface area contributed by atoms with Crippen LogP contribution in [-0.2, 0) is 4.79 Å². The maximum atomic E-state index is 11.4. The van der Waals surface area contributed by atoms with E-state index in [4.69, 9.17) is 0 Å². The molecule has 1 aromatic carbocycles. The Kier molecular flexibility index (Phi) is 3.07. The first-order valence-electron chi connectivity index (χ1n) is 4.77. The molecule has 0 saturated heterocycles. The van der Waals surface area contributed by atoms with Gasteiger partial charge in [-0.1, -0.05) is 33.8 Å². The van der Waals surface area contributed by atoms with E-state index in [9.17, 15) is 9.59 Å². The molecule has 0 saturated carbocycles. The van der Waals surface area contributed by atoms with Gasteiger partial charge in [-0.05, 0) is 12.1 Å². The molecule has 1 aliphatic heterocycles. The Hall–Kier alpha value is -1.60. The number of hydrogen-bond acceptors (Lipinski definition) is 2. The van der Waals surface area contributed by atoms with Crippen LogP contribution in [0.5, 0.6) is 0 Å². The summed E-state index contributed by atoms with van der Waals surface area (Å²) < 4.78 is 0. The van der Waals surface area contributed by atoms with Crippen LogP contribution in [0.15, 0.2) is 18.2 Å². The number of carbonyl (C=O) groups is 2. The molecule has 2 rings (SSSR count). The Morgan fingerprint density at radius 3 is 2.88 bits per heavy atom. The predicted molar refractivity (Wildman–Crippen MR) is 64.7 cm³/mol. The summed E-state index contributed by atoms with van der Waals surface area (Å²) in [6.45, 7) is 0. The zero-order valence-corrected chi connectivity index (χ0v) is 9.93. The highest BCUT2D eigenvalue weighted by Crippen LogP contribution is 2.26. The number of fused-ring (bicyclic) bond motifs is 1. The number of ketones is 1. The van der Waals surface area contributed by atoms with Crippen LogP contribution in [0, 0.1) is 11.8 Å². The lowest BCUT2D eigenvalue weighted by Crippen LogP contribution is -2.12. The standard InChI is InChI=1S/C12H8BrNO2/c13-7-2-1-4-8-5-3-6-9-10(8)14-12(16)11(9)15/h3,5-6H,2,7H2,(H,14,15,16). The predicted octanol–water partition coefficient (Wildman–Crippen LogP) is 1.96.